The molecule has 0 bridgehead atoms. The Morgan fingerprint density at radius 1 is 1.06 bits per heavy atom. The summed E-state index contributed by atoms with van der Waals surface area (Å²) in [6.45, 7) is 7.17. The maximum Gasteiger partial charge on any atom is 0.261 e. The van der Waals surface area contributed by atoms with E-state index < -0.39 is 0 Å². The SMILES string of the molecule is Cc1cccc(CNc2ncnc3sc(C(=O)NCC(C)c4ccccc4)c(C)c23)n1. The van der Waals surface area contributed by atoms with Gasteiger partial charge < -0.3 is 10.6 Å². The highest BCUT2D eigenvalue weighted by Gasteiger charge is 2.20. The van der Waals surface area contributed by atoms with Crippen molar-refractivity contribution in [2.24, 2.45) is 0 Å². The van der Waals surface area contributed by atoms with Gasteiger partial charge in [-0.25, -0.2) is 9.97 Å². The van der Waals surface area contributed by atoms with E-state index in [0.29, 0.717) is 18.0 Å². The molecular weight excluding hydrogens is 406 g/mol. The minimum atomic E-state index is -0.0745. The summed E-state index contributed by atoms with van der Waals surface area (Å²) < 4.78 is 0. The number of carbonyl (C=O) groups excluding carboxylic acids is 1. The number of anilines is 1. The van der Waals surface area contributed by atoms with E-state index in [4.69, 9.17) is 0 Å². The van der Waals surface area contributed by atoms with Crippen molar-refractivity contribution in [3.05, 3.63) is 82.3 Å². The summed E-state index contributed by atoms with van der Waals surface area (Å²) in [4.78, 5) is 27.7. The van der Waals surface area contributed by atoms with E-state index in [9.17, 15) is 4.79 Å². The predicted molar refractivity (Wildman–Crippen MR) is 126 cm³/mol. The van der Waals surface area contributed by atoms with Crippen molar-refractivity contribution in [2.75, 3.05) is 11.9 Å². The first kappa shape index (κ1) is 20.9. The topological polar surface area (TPSA) is 79.8 Å². The van der Waals surface area contributed by atoms with E-state index in [1.165, 1.54) is 23.2 Å². The van der Waals surface area contributed by atoms with Gasteiger partial charge in [-0.15, -0.1) is 11.3 Å². The van der Waals surface area contributed by atoms with Crippen LogP contribution in [0.4, 0.5) is 5.82 Å². The third-order valence-corrected chi connectivity index (χ3v) is 6.45. The van der Waals surface area contributed by atoms with E-state index in [0.717, 1.165) is 33.0 Å². The highest BCUT2D eigenvalue weighted by Crippen LogP contribution is 2.33. The fourth-order valence-corrected chi connectivity index (χ4v) is 4.59. The molecule has 2 N–H and O–H groups in total. The van der Waals surface area contributed by atoms with Gasteiger partial charge in [0.25, 0.3) is 5.91 Å². The van der Waals surface area contributed by atoms with Crippen LogP contribution in [0.25, 0.3) is 10.2 Å². The van der Waals surface area contributed by atoms with Gasteiger partial charge in [0.1, 0.15) is 17.0 Å². The molecule has 1 amide bonds. The Kier molecular flexibility index (Phi) is 6.23. The zero-order chi connectivity index (χ0) is 21.8. The fourth-order valence-electron chi connectivity index (χ4n) is 3.52. The van der Waals surface area contributed by atoms with Gasteiger partial charge in [-0.3, -0.25) is 9.78 Å². The molecule has 1 unspecified atom stereocenters. The molecule has 3 aromatic heterocycles. The Morgan fingerprint density at radius 2 is 1.87 bits per heavy atom. The molecule has 0 aliphatic rings. The van der Waals surface area contributed by atoms with Gasteiger partial charge >= 0.3 is 0 Å². The van der Waals surface area contributed by atoms with Crippen LogP contribution >= 0.6 is 11.3 Å². The minimum Gasteiger partial charge on any atom is -0.364 e. The Hall–Kier alpha value is -3.32. The van der Waals surface area contributed by atoms with Crippen molar-refractivity contribution in [1.29, 1.82) is 0 Å². The molecule has 1 atom stereocenters. The van der Waals surface area contributed by atoms with Crippen molar-refractivity contribution in [1.82, 2.24) is 20.3 Å². The first-order valence-corrected chi connectivity index (χ1v) is 11.1. The number of benzene rings is 1. The molecule has 158 valence electrons. The van der Waals surface area contributed by atoms with E-state index >= 15 is 0 Å². The minimum absolute atomic E-state index is 0.0745. The highest BCUT2D eigenvalue weighted by atomic mass is 32.1. The van der Waals surface area contributed by atoms with Crippen LogP contribution < -0.4 is 10.6 Å². The molecule has 0 aliphatic carbocycles. The molecule has 31 heavy (non-hydrogen) atoms. The van der Waals surface area contributed by atoms with Crippen molar-refractivity contribution >= 4 is 33.3 Å². The summed E-state index contributed by atoms with van der Waals surface area (Å²) in [6, 6.07) is 16.1. The molecule has 1 aromatic carbocycles. The summed E-state index contributed by atoms with van der Waals surface area (Å²) in [5.41, 5.74) is 4.01. The zero-order valence-electron chi connectivity index (χ0n) is 17.8. The molecule has 0 radical (unpaired) electrons. The molecule has 0 saturated carbocycles. The Morgan fingerprint density at radius 3 is 2.65 bits per heavy atom. The van der Waals surface area contributed by atoms with E-state index in [2.05, 4.69) is 44.6 Å². The Balaban J connectivity index is 1.50. The van der Waals surface area contributed by atoms with Crippen LogP contribution in [0.1, 0.15) is 45.0 Å². The molecule has 4 aromatic rings. The lowest BCUT2D eigenvalue weighted by Crippen LogP contribution is -2.27. The van der Waals surface area contributed by atoms with Gasteiger partial charge in [0.05, 0.1) is 22.5 Å². The van der Waals surface area contributed by atoms with E-state index in [1.807, 2.05) is 50.2 Å². The number of nitrogens with one attached hydrogen (secondary N) is 2. The van der Waals surface area contributed by atoms with Gasteiger partial charge in [-0.2, -0.15) is 0 Å². The van der Waals surface area contributed by atoms with E-state index in [1.54, 1.807) is 0 Å². The quantitative estimate of drug-likeness (QED) is 0.437. The molecule has 4 rings (SSSR count). The second kappa shape index (κ2) is 9.22. The third kappa shape index (κ3) is 4.72. The summed E-state index contributed by atoms with van der Waals surface area (Å²) in [5.74, 6) is 0.882. The largest absolute Gasteiger partial charge is 0.364 e. The monoisotopic (exact) mass is 431 g/mol. The van der Waals surface area contributed by atoms with Crippen molar-refractivity contribution in [3.8, 4) is 0 Å². The fraction of sp³-hybridized carbons (Fsp3) is 0.250. The lowest BCUT2D eigenvalue weighted by atomic mass is 10.0. The van der Waals surface area contributed by atoms with Crippen LogP contribution in [0.5, 0.6) is 0 Å². The number of thiophene rings is 1. The Labute approximate surface area is 185 Å². The number of pyridine rings is 1. The highest BCUT2D eigenvalue weighted by molar-refractivity contribution is 7.20. The lowest BCUT2D eigenvalue weighted by Gasteiger charge is -2.13. The van der Waals surface area contributed by atoms with Gasteiger partial charge in [0, 0.05) is 12.2 Å². The van der Waals surface area contributed by atoms with Crippen molar-refractivity contribution in [3.63, 3.8) is 0 Å². The normalized spacial score (nSPS) is 12.0. The lowest BCUT2D eigenvalue weighted by molar-refractivity contribution is 0.0955. The van der Waals surface area contributed by atoms with Gasteiger partial charge in [-0.05, 0) is 43.0 Å². The molecule has 0 fully saturated rings. The summed E-state index contributed by atoms with van der Waals surface area (Å²) in [5, 5.41) is 7.32. The maximum absolute atomic E-state index is 12.9. The second-order valence-electron chi connectivity index (χ2n) is 7.60. The molecule has 3 heterocycles. The van der Waals surface area contributed by atoms with Crippen LogP contribution in [-0.2, 0) is 6.54 Å². The Bertz CT molecular complexity index is 1210. The van der Waals surface area contributed by atoms with Gasteiger partial charge in [0.15, 0.2) is 0 Å². The summed E-state index contributed by atoms with van der Waals surface area (Å²) in [7, 11) is 0. The number of carbonyl (C=O) groups is 1. The average molecular weight is 432 g/mol. The summed E-state index contributed by atoms with van der Waals surface area (Å²) >= 11 is 1.40. The predicted octanol–water partition coefficient (Wildman–Crippen LogP) is 4.85. The number of fused-ring (bicyclic) bond motifs is 1. The number of hydrogen-bond acceptors (Lipinski definition) is 6. The van der Waals surface area contributed by atoms with Crippen LogP contribution in [0, 0.1) is 13.8 Å². The molecule has 0 saturated heterocycles. The second-order valence-corrected chi connectivity index (χ2v) is 8.60. The number of aromatic nitrogens is 3. The molecular formula is C24H25N5OS. The number of rotatable bonds is 7. The van der Waals surface area contributed by atoms with Crippen LogP contribution in [0.15, 0.2) is 54.9 Å². The van der Waals surface area contributed by atoms with Gasteiger partial charge in [-0.1, -0.05) is 43.3 Å². The first-order valence-electron chi connectivity index (χ1n) is 10.3. The van der Waals surface area contributed by atoms with Crippen LogP contribution in [0.3, 0.4) is 0 Å². The van der Waals surface area contributed by atoms with Crippen molar-refractivity contribution in [2.45, 2.75) is 33.2 Å². The van der Waals surface area contributed by atoms with E-state index in [-0.39, 0.29) is 11.8 Å². The van der Waals surface area contributed by atoms with Gasteiger partial charge in [0.2, 0.25) is 0 Å². The molecule has 0 aliphatic heterocycles. The van der Waals surface area contributed by atoms with Crippen molar-refractivity contribution < 1.29 is 4.79 Å². The zero-order valence-corrected chi connectivity index (χ0v) is 18.7. The smallest absolute Gasteiger partial charge is 0.261 e. The average Bonchev–Trinajstić information content (AvgIpc) is 3.13. The summed E-state index contributed by atoms with van der Waals surface area (Å²) in [6.07, 6.45) is 1.53. The van der Waals surface area contributed by atoms with Crippen LogP contribution in [0.2, 0.25) is 0 Å². The number of nitrogens with zero attached hydrogens (tertiary/aromatic N) is 3. The third-order valence-electron chi connectivity index (χ3n) is 5.25. The maximum atomic E-state index is 12.9. The number of hydrogen-bond donors (Lipinski definition) is 2. The molecule has 0 spiro atoms. The number of amides is 1. The first-order chi connectivity index (χ1) is 15.0. The standard InChI is InChI=1S/C24H25N5OS/c1-15(18-9-5-4-6-10-18)12-26-23(30)21-17(3)20-22(27-14-28-24(20)31-21)25-13-19-11-7-8-16(2)29-19/h4-11,14-15H,12-13H2,1-3H3,(H,26,30)(H,25,27,28). The molecule has 6 nitrogen and oxygen atoms in total. The number of aryl methyl sites for hydroxylation is 2. The molecule has 7 heteroatoms. The van der Waals surface area contributed by atoms with Crippen LogP contribution in [-0.4, -0.2) is 27.4 Å².